The molecular formula is C25H18F2N2O4S. The van der Waals surface area contributed by atoms with Crippen molar-refractivity contribution in [1.29, 1.82) is 0 Å². The Morgan fingerprint density at radius 2 is 2.09 bits per heavy atom. The second-order valence-corrected chi connectivity index (χ2v) is 9.41. The van der Waals surface area contributed by atoms with Crippen LogP contribution in [0.15, 0.2) is 68.8 Å². The van der Waals surface area contributed by atoms with E-state index in [2.05, 4.69) is 0 Å². The number of halogens is 2. The lowest BCUT2D eigenvalue weighted by Gasteiger charge is -2.39. The average molecular weight is 480 g/mol. The molecule has 0 aliphatic carbocycles. The number of aromatic nitrogens is 1. The number of para-hydroxylation sites is 1. The Balaban J connectivity index is 1.32. The Hall–Kier alpha value is -3.72. The summed E-state index contributed by atoms with van der Waals surface area (Å²) in [6.45, 7) is 1.81. The average Bonchev–Trinajstić information content (AvgIpc) is 3.36. The first kappa shape index (κ1) is 20.9. The number of hydrogen-bond acceptors (Lipinski definition) is 6. The van der Waals surface area contributed by atoms with Crippen LogP contribution in [0.4, 0.5) is 8.78 Å². The molecule has 0 saturated carbocycles. The largest absolute Gasteiger partial charge is 0.466 e. The smallest absolute Gasteiger partial charge is 0.285 e. The number of thiazole rings is 1. The Morgan fingerprint density at radius 1 is 1.24 bits per heavy atom. The van der Waals surface area contributed by atoms with Gasteiger partial charge in [0.1, 0.15) is 29.8 Å². The highest BCUT2D eigenvalue weighted by molar-refractivity contribution is 7.07. The first-order chi connectivity index (χ1) is 16.4. The molecule has 4 aromatic rings. The highest BCUT2D eigenvalue weighted by Crippen LogP contribution is 2.42. The molecule has 0 fully saturated rings. The Labute approximate surface area is 196 Å². The minimum atomic E-state index is -0.727. The maximum absolute atomic E-state index is 13.8. The van der Waals surface area contributed by atoms with Gasteiger partial charge < -0.3 is 13.9 Å². The Bertz CT molecular complexity index is 1610. The number of hydrogen-bond donors (Lipinski definition) is 0. The van der Waals surface area contributed by atoms with Gasteiger partial charge in [-0.25, -0.2) is 13.8 Å². The fourth-order valence-electron chi connectivity index (χ4n) is 4.34. The first-order valence-corrected chi connectivity index (χ1v) is 11.5. The molecule has 2 atom stereocenters. The van der Waals surface area contributed by atoms with Crippen LogP contribution in [0.1, 0.15) is 36.3 Å². The van der Waals surface area contributed by atoms with E-state index in [-0.39, 0.29) is 29.7 Å². The summed E-state index contributed by atoms with van der Waals surface area (Å²) in [6, 6.07) is 14.1. The molecular weight excluding hydrogens is 462 g/mol. The standard InChI is InChI=1S/C25H18F2N2O4S/c1-25-12-19(17-4-2-3-5-20(17)33-25)29-23(30)21(34-24(29)28-25)11-16-8-9-22(32-16)31-13-14-6-7-15(26)10-18(14)27/h2-11,19H,12-13H2,1H3/b21-11-. The minimum absolute atomic E-state index is 0.117. The van der Waals surface area contributed by atoms with Crippen LogP contribution in [-0.4, -0.2) is 10.3 Å². The van der Waals surface area contributed by atoms with Crippen LogP contribution in [-0.2, 0) is 6.61 Å². The van der Waals surface area contributed by atoms with E-state index in [0.717, 1.165) is 17.4 Å². The van der Waals surface area contributed by atoms with E-state index in [0.29, 0.717) is 21.5 Å². The molecule has 2 aliphatic heterocycles. The minimum Gasteiger partial charge on any atom is -0.466 e. The molecule has 0 spiro atoms. The van der Waals surface area contributed by atoms with Gasteiger partial charge >= 0.3 is 0 Å². The molecule has 6 rings (SSSR count). The van der Waals surface area contributed by atoms with Crippen molar-refractivity contribution in [2.45, 2.75) is 31.7 Å². The molecule has 34 heavy (non-hydrogen) atoms. The van der Waals surface area contributed by atoms with Crippen molar-refractivity contribution in [1.82, 2.24) is 4.57 Å². The van der Waals surface area contributed by atoms with E-state index in [9.17, 15) is 13.6 Å². The zero-order valence-electron chi connectivity index (χ0n) is 18.0. The van der Waals surface area contributed by atoms with E-state index in [1.54, 1.807) is 22.8 Å². The lowest BCUT2D eigenvalue weighted by atomic mass is 9.93. The fourth-order valence-corrected chi connectivity index (χ4v) is 5.45. The van der Waals surface area contributed by atoms with Gasteiger partial charge in [-0.05, 0) is 31.2 Å². The summed E-state index contributed by atoms with van der Waals surface area (Å²) in [6.07, 6.45) is 2.21. The maximum atomic E-state index is 13.8. The molecule has 172 valence electrons. The Morgan fingerprint density at radius 3 is 2.94 bits per heavy atom. The van der Waals surface area contributed by atoms with Gasteiger partial charge in [-0.3, -0.25) is 9.36 Å². The van der Waals surface area contributed by atoms with Crippen molar-refractivity contribution in [3.05, 3.63) is 103 Å². The number of furan rings is 1. The Kier molecular flexibility index (Phi) is 4.70. The maximum Gasteiger partial charge on any atom is 0.285 e. The quantitative estimate of drug-likeness (QED) is 0.444. The lowest BCUT2D eigenvalue weighted by molar-refractivity contribution is 0.0410. The second kappa shape index (κ2) is 7.66. The molecule has 0 saturated heterocycles. The first-order valence-electron chi connectivity index (χ1n) is 10.7. The fraction of sp³-hybridized carbons (Fsp3) is 0.200. The number of nitrogens with zero attached hydrogens (tertiary/aromatic N) is 2. The van der Waals surface area contributed by atoms with Gasteiger partial charge in [-0.2, -0.15) is 0 Å². The van der Waals surface area contributed by atoms with Gasteiger partial charge in [0.15, 0.2) is 4.80 Å². The number of fused-ring (bicyclic) bond motifs is 6. The summed E-state index contributed by atoms with van der Waals surface area (Å²) in [5, 5.41) is 0. The highest BCUT2D eigenvalue weighted by Gasteiger charge is 2.42. The zero-order chi connectivity index (χ0) is 23.4. The number of ether oxygens (including phenoxy) is 2. The summed E-state index contributed by atoms with van der Waals surface area (Å²) in [4.78, 5) is 18.6. The molecule has 4 heterocycles. The lowest BCUT2D eigenvalue weighted by Crippen LogP contribution is -2.49. The molecule has 9 heteroatoms. The molecule has 2 aromatic carbocycles. The molecule has 0 N–H and O–H groups in total. The van der Waals surface area contributed by atoms with Crippen molar-refractivity contribution in [2.24, 2.45) is 4.99 Å². The van der Waals surface area contributed by atoms with Crippen LogP contribution >= 0.6 is 11.3 Å². The van der Waals surface area contributed by atoms with Gasteiger partial charge in [0, 0.05) is 35.8 Å². The molecule has 2 aromatic heterocycles. The predicted molar refractivity (Wildman–Crippen MR) is 121 cm³/mol. The van der Waals surface area contributed by atoms with Gasteiger partial charge in [0.2, 0.25) is 5.72 Å². The van der Waals surface area contributed by atoms with Crippen molar-refractivity contribution in [3.8, 4) is 11.7 Å². The van der Waals surface area contributed by atoms with Crippen LogP contribution < -0.4 is 24.4 Å². The third kappa shape index (κ3) is 3.52. The summed E-state index contributed by atoms with van der Waals surface area (Å²) >= 11 is 1.27. The van der Waals surface area contributed by atoms with Gasteiger partial charge in [-0.15, -0.1) is 0 Å². The molecule has 2 aliphatic rings. The predicted octanol–water partition coefficient (Wildman–Crippen LogP) is 3.91. The second-order valence-electron chi connectivity index (χ2n) is 8.40. The normalized spacial score (nSPS) is 20.8. The SMILES string of the molecule is CC12CC(c3ccccc3O1)n1c(s/c(=C\c3ccc(OCc4ccc(F)cc4F)o3)c1=O)=N2. The molecule has 0 amide bonds. The van der Waals surface area contributed by atoms with Crippen LogP contribution in [0.5, 0.6) is 11.7 Å². The third-order valence-electron chi connectivity index (χ3n) is 5.92. The monoisotopic (exact) mass is 480 g/mol. The molecule has 0 radical (unpaired) electrons. The summed E-state index contributed by atoms with van der Waals surface area (Å²) in [7, 11) is 0. The van der Waals surface area contributed by atoms with E-state index in [1.165, 1.54) is 23.5 Å². The topological polar surface area (TPSA) is 66.0 Å². The zero-order valence-corrected chi connectivity index (χ0v) is 18.8. The van der Waals surface area contributed by atoms with Gasteiger partial charge in [-0.1, -0.05) is 29.5 Å². The molecule has 2 unspecified atom stereocenters. The summed E-state index contributed by atoms with van der Waals surface area (Å²) in [5.74, 6) is -0.0299. The van der Waals surface area contributed by atoms with Crippen LogP contribution in [0.25, 0.3) is 6.08 Å². The van der Waals surface area contributed by atoms with Crippen LogP contribution in [0.2, 0.25) is 0 Å². The summed E-state index contributed by atoms with van der Waals surface area (Å²) < 4.78 is 46.3. The van der Waals surface area contributed by atoms with E-state index < -0.39 is 17.4 Å². The van der Waals surface area contributed by atoms with Crippen LogP contribution in [0, 0.1) is 11.6 Å². The van der Waals surface area contributed by atoms with Crippen molar-refractivity contribution in [3.63, 3.8) is 0 Å². The van der Waals surface area contributed by atoms with Gasteiger partial charge in [0.25, 0.3) is 11.5 Å². The third-order valence-corrected chi connectivity index (χ3v) is 6.90. The van der Waals surface area contributed by atoms with Gasteiger partial charge in [0.05, 0.1) is 10.6 Å². The van der Waals surface area contributed by atoms with Crippen molar-refractivity contribution < 1.29 is 22.7 Å². The molecule has 2 bridgehead atoms. The van der Waals surface area contributed by atoms with Crippen LogP contribution in [0.3, 0.4) is 0 Å². The number of benzene rings is 2. The van der Waals surface area contributed by atoms with Crippen molar-refractivity contribution >= 4 is 17.4 Å². The van der Waals surface area contributed by atoms with E-state index in [4.69, 9.17) is 18.9 Å². The van der Waals surface area contributed by atoms with Crippen molar-refractivity contribution in [2.75, 3.05) is 0 Å². The molecule has 6 nitrogen and oxygen atoms in total. The summed E-state index contributed by atoms with van der Waals surface area (Å²) in [5.41, 5.74) is 0.287. The van der Waals surface area contributed by atoms with E-state index in [1.807, 2.05) is 31.2 Å². The number of rotatable bonds is 4. The van der Waals surface area contributed by atoms with E-state index >= 15 is 0 Å². The highest BCUT2D eigenvalue weighted by atomic mass is 32.1.